The number of benzene rings is 4. The number of aldehydes is 1. The average Bonchev–Trinajstić information content (AvgIpc) is 3.69. The molecule has 52 heavy (non-hydrogen) atoms. The van der Waals surface area contributed by atoms with E-state index < -0.39 is 16.1 Å². The second-order valence-corrected chi connectivity index (χ2v) is 27.7. The Bertz CT molecular complexity index is 2080. The van der Waals surface area contributed by atoms with Crippen molar-refractivity contribution in [2.24, 2.45) is 0 Å². The van der Waals surface area contributed by atoms with E-state index in [0.29, 0.717) is 42.9 Å². The fourth-order valence-corrected chi connectivity index (χ4v) is 7.37. The van der Waals surface area contributed by atoms with E-state index in [2.05, 4.69) is 81.1 Å². The van der Waals surface area contributed by atoms with Crippen LogP contribution in [-0.2, 0) is 22.9 Å². The van der Waals surface area contributed by atoms with Crippen molar-refractivity contribution in [3.63, 3.8) is 0 Å². The van der Waals surface area contributed by atoms with Crippen molar-refractivity contribution < 1.29 is 23.7 Å². The lowest BCUT2D eigenvalue weighted by Crippen LogP contribution is -2.22. The number of fused-ring (bicyclic) bond motifs is 2. The van der Waals surface area contributed by atoms with Crippen LogP contribution in [0.25, 0.3) is 22.1 Å². The molecule has 6 rings (SSSR count). The molecule has 0 amide bonds. The standard InChI is InChI=1S/C20H23BrN2O3Si.C19H23BrN2O2Si/c1-27(2,3)12-11-25-14-23-17-10-9-16(21)20(19(17)22-18(23)13-24)26-15-7-5-4-6-8-15;1-25(2,3)12-11-23-14-22-13-21-18-17(22)10-9-16(20)19(18)24-15-7-5-4-6-8-15/h4-10,13H,11-12,14H2,1-3H3;4-10,13H,11-12,14H2,1-3H3. The van der Waals surface area contributed by atoms with Crippen LogP contribution in [0.4, 0.5) is 0 Å². The molecule has 0 fully saturated rings. The summed E-state index contributed by atoms with van der Waals surface area (Å²) in [5.74, 6) is 3.14. The van der Waals surface area contributed by atoms with Gasteiger partial charge in [0.1, 0.15) is 36.0 Å². The van der Waals surface area contributed by atoms with Crippen LogP contribution >= 0.6 is 31.9 Å². The summed E-state index contributed by atoms with van der Waals surface area (Å²) in [6.45, 7) is 16.3. The summed E-state index contributed by atoms with van der Waals surface area (Å²) >= 11 is 7.10. The Labute approximate surface area is 324 Å². The fourth-order valence-electron chi connectivity index (χ4n) is 5.05. The third kappa shape index (κ3) is 11.0. The van der Waals surface area contributed by atoms with E-state index in [0.717, 1.165) is 62.0 Å². The van der Waals surface area contributed by atoms with E-state index in [1.807, 2.05) is 95.8 Å². The monoisotopic (exact) mass is 864 g/mol. The first-order valence-electron chi connectivity index (χ1n) is 17.2. The Kier molecular flexibility index (Phi) is 13.7. The molecule has 0 unspecified atom stereocenters. The Hall–Kier alpha value is -3.60. The molecule has 0 aliphatic carbocycles. The molecule has 0 N–H and O–H groups in total. The molecule has 0 atom stereocenters. The highest BCUT2D eigenvalue weighted by Crippen LogP contribution is 2.38. The molecule has 6 aromatic rings. The van der Waals surface area contributed by atoms with E-state index in [9.17, 15) is 4.79 Å². The number of carbonyl (C=O) groups excluding carboxylic acids is 1. The predicted molar refractivity (Wildman–Crippen MR) is 221 cm³/mol. The number of nitrogens with zero attached hydrogens (tertiary/aromatic N) is 4. The number of ether oxygens (including phenoxy) is 4. The zero-order chi connectivity index (χ0) is 37.3. The summed E-state index contributed by atoms with van der Waals surface area (Å²) in [5.41, 5.74) is 3.26. The molecule has 0 aliphatic rings. The number of imidazole rings is 2. The molecule has 2 heterocycles. The van der Waals surface area contributed by atoms with Crippen LogP contribution < -0.4 is 9.47 Å². The number of hydrogen-bond donors (Lipinski definition) is 0. The highest BCUT2D eigenvalue weighted by atomic mass is 79.9. The fraction of sp³-hybridized carbons (Fsp3) is 0.308. The van der Waals surface area contributed by atoms with Gasteiger partial charge in [-0.25, -0.2) is 9.97 Å². The van der Waals surface area contributed by atoms with Crippen LogP contribution in [0.2, 0.25) is 51.4 Å². The smallest absolute Gasteiger partial charge is 0.185 e. The number of carbonyl (C=O) groups is 1. The van der Waals surface area contributed by atoms with Gasteiger partial charge in [-0.05, 0) is 92.5 Å². The van der Waals surface area contributed by atoms with E-state index in [1.165, 1.54) is 0 Å². The van der Waals surface area contributed by atoms with E-state index >= 15 is 0 Å². The van der Waals surface area contributed by atoms with Crippen molar-refractivity contribution in [2.45, 2.75) is 64.8 Å². The van der Waals surface area contributed by atoms with Crippen LogP contribution in [0.5, 0.6) is 23.0 Å². The minimum absolute atomic E-state index is 0.293. The van der Waals surface area contributed by atoms with Gasteiger partial charge in [0.05, 0.1) is 26.3 Å². The maximum atomic E-state index is 11.6. The topological polar surface area (TPSA) is 89.6 Å². The third-order valence-electron chi connectivity index (χ3n) is 8.03. The summed E-state index contributed by atoms with van der Waals surface area (Å²) in [4.78, 5) is 20.6. The SMILES string of the molecule is C[Si](C)(C)CCOCn1c(C=O)nc2c(Oc3ccccc3)c(Br)ccc21.C[Si](C)(C)CCOCn1cnc2c(Oc3ccccc3)c(Br)ccc21. The Morgan fingerprint density at radius 3 is 1.67 bits per heavy atom. The largest absolute Gasteiger partial charge is 0.454 e. The summed E-state index contributed by atoms with van der Waals surface area (Å²) in [5, 5.41) is 0. The third-order valence-corrected chi connectivity index (χ3v) is 12.7. The van der Waals surface area contributed by atoms with Crippen molar-refractivity contribution in [3.05, 3.63) is 106 Å². The van der Waals surface area contributed by atoms with E-state index in [4.69, 9.17) is 18.9 Å². The average molecular weight is 867 g/mol. The normalized spacial score (nSPS) is 11.8. The molecular formula is C39H46Br2N4O5Si2. The van der Waals surface area contributed by atoms with E-state index in [1.54, 1.807) is 4.57 Å². The minimum atomic E-state index is -1.16. The molecule has 4 aromatic carbocycles. The number of halogens is 2. The quantitative estimate of drug-likeness (QED) is 0.0577. The van der Waals surface area contributed by atoms with Gasteiger partial charge in [0.2, 0.25) is 0 Å². The van der Waals surface area contributed by atoms with Crippen molar-refractivity contribution in [2.75, 3.05) is 13.2 Å². The molecule has 0 saturated carbocycles. The summed E-state index contributed by atoms with van der Waals surface area (Å²) in [6.07, 6.45) is 2.56. The van der Waals surface area contributed by atoms with Crippen molar-refractivity contribution in [1.82, 2.24) is 19.1 Å². The molecule has 2 aromatic heterocycles. The zero-order valence-corrected chi connectivity index (χ0v) is 35.7. The second-order valence-electron chi connectivity index (χ2n) is 14.7. The van der Waals surface area contributed by atoms with Crippen molar-refractivity contribution in [1.29, 1.82) is 0 Å². The van der Waals surface area contributed by atoms with Crippen LogP contribution in [0.15, 0.2) is 100 Å². The van der Waals surface area contributed by atoms with Gasteiger partial charge in [-0.1, -0.05) is 75.7 Å². The van der Waals surface area contributed by atoms with Crippen LogP contribution in [0.3, 0.4) is 0 Å². The maximum absolute atomic E-state index is 11.6. The van der Waals surface area contributed by atoms with Gasteiger partial charge in [0, 0.05) is 29.4 Å². The first kappa shape index (κ1) is 39.6. The zero-order valence-electron chi connectivity index (χ0n) is 30.6. The first-order chi connectivity index (χ1) is 24.8. The number of aromatic nitrogens is 4. The minimum Gasteiger partial charge on any atom is -0.454 e. The first-order valence-corrected chi connectivity index (χ1v) is 26.2. The summed E-state index contributed by atoms with van der Waals surface area (Å²) in [7, 11) is -2.23. The highest BCUT2D eigenvalue weighted by molar-refractivity contribution is 9.11. The molecular weight excluding hydrogens is 820 g/mol. The van der Waals surface area contributed by atoms with Crippen LogP contribution in [-0.4, -0.2) is 54.7 Å². The highest BCUT2D eigenvalue weighted by Gasteiger charge is 2.19. The van der Waals surface area contributed by atoms with Crippen LogP contribution in [0, 0.1) is 0 Å². The molecule has 0 spiro atoms. The Balaban J connectivity index is 0.000000202. The maximum Gasteiger partial charge on any atom is 0.185 e. The second kappa shape index (κ2) is 18.0. The molecule has 9 nitrogen and oxygen atoms in total. The van der Waals surface area contributed by atoms with Gasteiger partial charge >= 0.3 is 0 Å². The Morgan fingerprint density at radius 1 is 0.654 bits per heavy atom. The molecule has 0 aliphatic heterocycles. The lowest BCUT2D eigenvalue weighted by atomic mass is 10.3. The van der Waals surface area contributed by atoms with Crippen molar-refractivity contribution in [3.8, 4) is 23.0 Å². The number of para-hydroxylation sites is 2. The Morgan fingerprint density at radius 2 is 1.15 bits per heavy atom. The molecule has 0 radical (unpaired) electrons. The predicted octanol–water partition coefficient (Wildman–Crippen LogP) is 11.6. The summed E-state index contributed by atoms with van der Waals surface area (Å²) in [6, 6.07) is 29.3. The molecule has 0 bridgehead atoms. The summed E-state index contributed by atoms with van der Waals surface area (Å²) < 4.78 is 29.2. The van der Waals surface area contributed by atoms with Gasteiger partial charge < -0.3 is 23.5 Å². The van der Waals surface area contributed by atoms with Gasteiger partial charge in [0.15, 0.2) is 23.6 Å². The van der Waals surface area contributed by atoms with Gasteiger partial charge in [-0.3, -0.25) is 9.36 Å². The van der Waals surface area contributed by atoms with E-state index in [-0.39, 0.29) is 0 Å². The number of rotatable bonds is 15. The number of hydrogen-bond acceptors (Lipinski definition) is 7. The van der Waals surface area contributed by atoms with Gasteiger partial charge in [0.25, 0.3) is 0 Å². The molecule has 0 saturated heterocycles. The molecule has 274 valence electrons. The van der Waals surface area contributed by atoms with Gasteiger partial charge in [-0.15, -0.1) is 0 Å². The van der Waals surface area contributed by atoms with Crippen LogP contribution in [0.1, 0.15) is 10.6 Å². The lowest BCUT2D eigenvalue weighted by Gasteiger charge is -2.16. The molecule has 13 heteroatoms. The van der Waals surface area contributed by atoms with Crippen molar-refractivity contribution >= 4 is 76.4 Å². The lowest BCUT2D eigenvalue weighted by molar-refractivity contribution is 0.0856. The van der Waals surface area contributed by atoms with Gasteiger partial charge in [-0.2, -0.15) is 0 Å².